The van der Waals surface area contributed by atoms with E-state index in [1.807, 2.05) is 31.2 Å². The van der Waals surface area contributed by atoms with E-state index in [9.17, 15) is 4.79 Å². The highest BCUT2D eigenvalue weighted by atomic mass is 79.9. The van der Waals surface area contributed by atoms with Gasteiger partial charge in [0.25, 0.3) is 5.91 Å². The largest absolute Gasteiger partial charge is 0.437 e. The van der Waals surface area contributed by atoms with E-state index in [0.717, 1.165) is 10.0 Å². The van der Waals surface area contributed by atoms with Crippen LogP contribution in [0.2, 0.25) is 0 Å². The number of halogens is 1. The minimum atomic E-state index is -0.295. The Hall–Kier alpha value is -3.13. The van der Waals surface area contributed by atoms with Gasteiger partial charge in [-0.2, -0.15) is 4.98 Å². The Morgan fingerprint density at radius 3 is 2.58 bits per heavy atom. The number of aryl methyl sites for hydroxylation is 1. The predicted octanol–water partition coefficient (Wildman–Crippen LogP) is 3.68. The first kappa shape index (κ1) is 17.7. The highest BCUT2D eigenvalue weighted by Gasteiger charge is 2.12. The summed E-state index contributed by atoms with van der Waals surface area (Å²) in [5.74, 6) is 0.717. The van der Waals surface area contributed by atoms with Gasteiger partial charge in [-0.15, -0.1) is 0 Å². The molecule has 3 rings (SSSR count). The predicted molar refractivity (Wildman–Crippen MR) is 103 cm³/mol. The van der Waals surface area contributed by atoms with Crippen LogP contribution in [0.25, 0.3) is 0 Å². The Labute approximate surface area is 158 Å². The van der Waals surface area contributed by atoms with Gasteiger partial charge in [0.2, 0.25) is 5.88 Å². The molecule has 1 aromatic heterocycles. The van der Waals surface area contributed by atoms with Crippen LogP contribution in [0.5, 0.6) is 11.6 Å². The fourth-order valence-electron chi connectivity index (χ4n) is 2.19. The molecule has 1 amide bonds. The quantitative estimate of drug-likeness (QED) is 0.551. The Morgan fingerprint density at radius 1 is 1.12 bits per heavy atom. The zero-order valence-electron chi connectivity index (χ0n) is 13.9. The van der Waals surface area contributed by atoms with E-state index in [-0.39, 0.29) is 23.3 Å². The first-order valence-electron chi connectivity index (χ1n) is 7.70. The summed E-state index contributed by atoms with van der Waals surface area (Å²) in [5.41, 5.74) is 12.9. The highest BCUT2D eigenvalue weighted by molar-refractivity contribution is 9.10. The molecule has 0 saturated carbocycles. The standard InChI is InChI=1S/C18H16BrN5O2/c1-11-4-2-3-5-14(11)17(25)24-23-16-15(20)18(22-10-21-16)26-13-8-6-12(19)7-9-13/h2-10H,20H2,1H3,(H,24,25)(H,21,22,23). The fourth-order valence-corrected chi connectivity index (χ4v) is 2.45. The molecule has 7 nitrogen and oxygen atoms in total. The highest BCUT2D eigenvalue weighted by Crippen LogP contribution is 2.29. The molecule has 0 spiro atoms. The van der Waals surface area contributed by atoms with E-state index in [0.29, 0.717) is 11.3 Å². The fraction of sp³-hybridized carbons (Fsp3) is 0.0556. The monoisotopic (exact) mass is 413 g/mol. The number of nitrogens with one attached hydrogen (secondary N) is 2. The SMILES string of the molecule is Cc1ccccc1C(=O)NNc1ncnc(Oc2ccc(Br)cc2)c1N. The van der Waals surface area contributed by atoms with Crippen molar-refractivity contribution in [2.75, 3.05) is 11.2 Å². The van der Waals surface area contributed by atoms with Crippen LogP contribution in [-0.2, 0) is 0 Å². The first-order valence-corrected chi connectivity index (χ1v) is 8.50. The van der Waals surface area contributed by atoms with E-state index in [2.05, 4.69) is 36.7 Å². The van der Waals surface area contributed by atoms with E-state index < -0.39 is 0 Å². The third-order valence-electron chi connectivity index (χ3n) is 3.56. The van der Waals surface area contributed by atoms with Gasteiger partial charge >= 0.3 is 0 Å². The maximum absolute atomic E-state index is 12.3. The summed E-state index contributed by atoms with van der Waals surface area (Å²) in [6.07, 6.45) is 1.30. The number of hydrazine groups is 1. The van der Waals surface area contributed by atoms with Crippen LogP contribution in [0.1, 0.15) is 15.9 Å². The summed E-state index contributed by atoms with van der Waals surface area (Å²) in [5, 5.41) is 0. The molecule has 4 N–H and O–H groups in total. The van der Waals surface area contributed by atoms with Gasteiger partial charge < -0.3 is 10.5 Å². The first-order chi connectivity index (χ1) is 12.5. The van der Waals surface area contributed by atoms with Gasteiger partial charge in [-0.05, 0) is 42.8 Å². The number of aromatic nitrogens is 2. The second kappa shape index (κ2) is 7.83. The molecular formula is C18H16BrN5O2. The minimum Gasteiger partial charge on any atom is -0.437 e. The molecule has 26 heavy (non-hydrogen) atoms. The van der Waals surface area contributed by atoms with Gasteiger partial charge in [-0.3, -0.25) is 15.6 Å². The number of anilines is 2. The molecule has 0 aliphatic carbocycles. The molecule has 0 aliphatic heterocycles. The van der Waals surface area contributed by atoms with Crippen molar-refractivity contribution in [3.8, 4) is 11.6 Å². The van der Waals surface area contributed by atoms with Crippen LogP contribution in [0.15, 0.2) is 59.3 Å². The summed E-state index contributed by atoms with van der Waals surface area (Å²) in [7, 11) is 0. The number of nitrogens with zero attached hydrogens (tertiary/aromatic N) is 2. The van der Waals surface area contributed by atoms with Crippen molar-refractivity contribution in [3.63, 3.8) is 0 Å². The van der Waals surface area contributed by atoms with Crippen LogP contribution in [0.4, 0.5) is 11.5 Å². The summed E-state index contributed by atoms with van der Waals surface area (Å²) in [6, 6.07) is 14.5. The van der Waals surface area contributed by atoms with Crippen molar-refractivity contribution in [1.82, 2.24) is 15.4 Å². The number of hydrogen-bond acceptors (Lipinski definition) is 6. The van der Waals surface area contributed by atoms with E-state index in [1.165, 1.54) is 6.33 Å². The normalized spacial score (nSPS) is 10.2. The number of hydrogen-bond donors (Lipinski definition) is 3. The van der Waals surface area contributed by atoms with E-state index >= 15 is 0 Å². The van der Waals surface area contributed by atoms with Crippen molar-refractivity contribution < 1.29 is 9.53 Å². The zero-order chi connectivity index (χ0) is 18.5. The van der Waals surface area contributed by atoms with Gasteiger partial charge in [0, 0.05) is 10.0 Å². The van der Waals surface area contributed by atoms with Gasteiger partial charge in [-0.25, -0.2) is 4.98 Å². The van der Waals surface area contributed by atoms with Gasteiger partial charge in [0.1, 0.15) is 17.8 Å². The van der Waals surface area contributed by atoms with Crippen LogP contribution in [-0.4, -0.2) is 15.9 Å². The number of benzene rings is 2. The van der Waals surface area contributed by atoms with Crippen molar-refractivity contribution in [2.24, 2.45) is 0 Å². The number of nitrogen functional groups attached to an aromatic ring is 1. The smallest absolute Gasteiger partial charge is 0.269 e. The topological polar surface area (TPSA) is 102 Å². The second-order valence-corrected chi connectivity index (χ2v) is 6.31. The molecule has 3 aromatic rings. The molecule has 0 radical (unpaired) electrons. The lowest BCUT2D eigenvalue weighted by molar-refractivity contribution is 0.0962. The number of carbonyl (C=O) groups excluding carboxylic acids is 1. The Kier molecular flexibility index (Phi) is 5.33. The number of rotatable bonds is 5. The van der Waals surface area contributed by atoms with Gasteiger partial charge in [0.15, 0.2) is 5.82 Å². The molecule has 1 heterocycles. The third-order valence-corrected chi connectivity index (χ3v) is 4.09. The number of ether oxygens (including phenoxy) is 1. The van der Waals surface area contributed by atoms with Crippen molar-refractivity contribution in [3.05, 3.63) is 70.5 Å². The maximum Gasteiger partial charge on any atom is 0.269 e. The molecule has 0 fully saturated rings. The van der Waals surface area contributed by atoms with Crippen molar-refractivity contribution >= 4 is 33.3 Å². The van der Waals surface area contributed by atoms with Crippen LogP contribution < -0.4 is 21.3 Å². The Balaban J connectivity index is 1.72. The maximum atomic E-state index is 12.3. The number of carbonyl (C=O) groups is 1. The zero-order valence-corrected chi connectivity index (χ0v) is 15.4. The van der Waals surface area contributed by atoms with Crippen LogP contribution in [0, 0.1) is 6.92 Å². The van der Waals surface area contributed by atoms with Crippen LogP contribution >= 0.6 is 15.9 Å². The van der Waals surface area contributed by atoms with Gasteiger partial charge in [-0.1, -0.05) is 34.1 Å². The van der Waals surface area contributed by atoms with Crippen molar-refractivity contribution in [2.45, 2.75) is 6.92 Å². The van der Waals surface area contributed by atoms with E-state index in [1.54, 1.807) is 24.3 Å². The lowest BCUT2D eigenvalue weighted by Gasteiger charge is -2.13. The summed E-state index contributed by atoms with van der Waals surface area (Å²) in [6.45, 7) is 1.86. The second-order valence-electron chi connectivity index (χ2n) is 5.39. The molecule has 0 atom stereocenters. The summed E-state index contributed by atoms with van der Waals surface area (Å²) >= 11 is 3.36. The molecule has 132 valence electrons. The molecule has 0 unspecified atom stereocenters. The number of amides is 1. The third kappa shape index (κ3) is 4.09. The van der Waals surface area contributed by atoms with Crippen LogP contribution in [0.3, 0.4) is 0 Å². The molecule has 0 saturated heterocycles. The molecule has 8 heteroatoms. The number of nitrogens with two attached hydrogens (primary N) is 1. The Bertz CT molecular complexity index is 931. The summed E-state index contributed by atoms with van der Waals surface area (Å²) < 4.78 is 6.60. The van der Waals surface area contributed by atoms with E-state index in [4.69, 9.17) is 10.5 Å². The molecule has 0 aliphatic rings. The minimum absolute atomic E-state index is 0.181. The summed E-state index contributed by atoms with van der Waals surface area (Å²) in [4.78, 5) is 20.3. The lowest BCUT2D eigenvalue weighted by atomic mass is 10.1. The Morgan fingerprint density at radius 2 is 1.85 bits per heavy atom. The molecule has 2 aromatic carbocycles. The average Bonchev–Trinajstić information content (AvgIpc) is 2.64. The van der Waals surface area contributed by atoms with Gasteiger partial charge in [0.05, 0.1) is 0 Å². The molecule has 0 bridgehead atoms. The average molecular weight is 414 g/mol. The lowest BCUT2D eigenvalue weighted by Crippen LogP contribution is -2.30. The molecular weight excluding hydrogens is 398 g/mol. The van der Waals surface area contributed by atoms with Crippen molar-refractivity contribution in [1.29, 1.82) is 0 Å².